The summed E-state index contributed by atoms with van der Waals surface area (Å²) < 4.78 is 0. The van der Waals surface area contributed by atoms with Crippen LogP contribution in [0.4, 0.5) is 0 Å². The number of aliphatic hydroxyl groups is 1. The van der Waals surface area contributed by atoms with Crippen LogP contribution >= 0.6 is 0 Å². The second-order valence-corrected chi connectivity index (χ2v) is 9.03. The molecule has 2 fully saturated rings. The van der Waals surface area contributed by atoms with Crippen LogP contribution in [0.3, 0.4) is 0 Å². The lowest BCUT2D eigenvalue weighted by molar-refractivity contribution is -0.141. The molecule has 0 aliphatic heterocycles. The first-order chi connectivity index (χ1) is 9.76. The van der Waals surface area contributed by atoms with Gasteiger partial charge in [0.2, 0.25) is 0 Å². The molecule has 0 bridgehead atoms. The van der Waals surface area contributed by atoms with Crippen molar-refractivity contribution in [3.05, 3.63) is 0 Å². The SMILES string of the molecule is CCC1CCCC(CN)(C2(O)CCC(C(C)(C)C)CC2)C1. The molecule has 0 aromatic rings. The van der Waals surface area contributed by atoms with Crippen LogP contribution in [-0.2, 0) is 0 Å². The molecule has 0 aromatic heterocycles. The zero-order chi connectivity index (χ0) is 15.7. The minimum atomic E-state index is -0.503. The maximum atomic E-state index is 11.5. The Morgan fingerprint density at radius 2 is 1.71 bits per heavy atom. The highest BCUT2D eigenvalue weighted by Gasteiger charge is 2.52. The van der Waals surface area contributed by atoms with Gasteiger partial charge in [0.05, 0.1) is 5.60 Å². The third kappa shape index (κ3) is 3.32. The highest BCUT2D eigenvalue weighted by molar-refractivity contribution is 5.05. The van der Waals surface area contributed by atoms with E-state index in [9.17, 15) is 5.11 Å². The molecule has 3 N–H and O–H groups in total. The van der Waals surface area contributed by atoms with E-state index in [-0.39, 0.29) is 5.41 Å². The lowest BCUT2D eigenvalue weighted by Crippen LogP contribution is -2.56. The van der Waals surface area contributed by atoms with E-state index >= 15 is 0 Å². The average Bonchev–Trinajstić information content (AvgIpc) is 2.46. The van der Waals surface area contributed by atoms with Gasteiger partial charge in [0, 0.05) is 12.0 Å². The predicted molar refractivity (Wildman–Crippen MR) is 90.1 cm³/mol. The third-order valence-corrected chi connectivity index (χ3v) is 6.94. The Balaban J connectivity index is 2.11. The van der Waals surface area contributed by atoms with Crippen molar-refractivity contribution in [1.82, 2.24) is 0 Å². The molecule has 2 rings (SSSR count). The quantitative estimate of drug-likeness (QED) is 0.805. The van der Waals surface area contributed by atoms with E-state index in [1.54, 1.807) is 0 Å². The van der Waals surface area contributed by atoms with E-state index in [2.05, 4.69) is 27.7 Å². The van der Waals surface area contributed by atoms with Crippen LogP contribution in [0.25, 0.3) is 0 Å². The van der Waals surface area contributed by atoms with Gasteiger partial charge in [0.1, 0.15) is 0 Å². The smallest absolute Gasteiger partial charge is 0.0716 e. The standard InChI is InChI=1S/C19H37NO/c1-5-15-7-6-10-18(13-15,14-20)19(21)11-8-16(9-12-19)17(2,3)4/h15-16,21H,5-14,20H2,1-4H3. The summed E-state index contributed by atoms with van der Waals surface area (Å²) in [4.78, 5) is 0. The largest absolute Gasteiger partial charge is 0.389 e. The summed E-state index contributed by atoms with van der Waals surface area (Å²) in [6.07, 6.45) is 10.4. The van der Waals surface area contributed by atoms with Gasteiger partial charge in [-0.1, -0.05) is 47.0 Å². The monoisotopic (exact) mass is 295 g/mol. The topological polar surface area (TPSA) is 46.2 Å². The molecular formula is C19H37NO. The van der Waals surface area contributed by atoms with Gasteiger partial charge in [-0.3, -0.25) is 0 Å². The summed E-state index contributed by atoms with van der Waals surface area (Å²) in [6, 6.07) is 0. The van der Waals surface area contributed by atoms with Crippen LogP contribution in [0.5, 0.6) is 0 Å². The first kappa shape index (κ1) is 17.3. The zero-order valence-corrected chi connectivity index (χ0v) is 14.8. The summed E-state index contributed by atoms with van der Waals surface area (Å²) in [5, 5.41) is 11.5. The van der Waals surface area contributed by atoms with Gasteiger partial charge in [-0.2, -0.15) is 0 Å². The third-order valence-electron chi connectivity index (χ3n) is 6.94. The van der Waals surface area contributed by atoms with Gasteiger partial charge in [-0.25, -0.2) is 0 Å². The van der Waals surface area contributed by atoms with Crippen LogP contribution in [0.1, 0.15) is 85.5 Å². The van der Waals surface area contributed by atoms with Crippen molar-refractivity contribution in [2.45, 2.75) is 91.1 Å². The van der Waals surface area contributed by atoms with E-state index < -0.39 is 5.60 Å². The predicted octanol–water partition coefficient (Wildman–Crippen LogP) is 4.50. The van der Waals surface area contributed by atoms with Crippen molar-refractivity contribution in [3.8, 4) is 0 Å². The van der Waals surface area contributed by atoms with Gasteiger partial charge in [-0.15, -0.1) is 0 Å². The van der Waals surface area contributed by atoms with Crippen LogP contribution in [0.15, 0.2) is 0 Å². The van der Waals surface area contributed by atoms with Gasteiger partial charge >= 0.3 is 0 Å². The molecule has 0 saturated heterocycles. The van der Waals surface area contributed by atoms with Gasteiger partial charge in [-0.05, 0) is 55.8 Å². The molecule has 2 saturated carbocycles. The first-order valence-electron chi connectivity index (χ1n) is 9.19. The minimum Gasteiger partial charge on any atom is -0.389 e. The molecule has 0 aromatic carbocycles. The van der Waals surface area contributed by atoms with E-state index in [1.807, 2.05) is 0 Å². The van der Waals surface area contributed by atoms with Crippen LogP contribution in [0.2, 0.25) is 0 Å². The van der Waals surface area contributed by atoms with Crippen molar-refractivity contribution in [2.75, 3.05) is 6.54 Å². The second-order valence-electron chi connectivity index (χ2n) is 9.03. The molecule has 0 spiro atoms. The Hall–Kier alpha value is -0.0800. The van der Waals surface area contributed by atoms with Crippen LogP contribution in [-0.4, -0.2) is 17.3 Å². The molecule has 124 valence electrons. The van der Waals surface area contributed by atoms with Gasteiger partial charge in [0.25, 0.3) is 0 Å². The molecule has 0 heterocycles. The summed E-state index contributed by atoms with van der Waals surface area (Å²) in [5.74, 6) is 1.52. The van der Waals surface area contributed by atoms with Gasteiger partial charge < -0.3 is 10.8 Å². The summed E-state index contributed by atoms with van der Waals surface area (Å²) in [7, 11) is 0. The fraction of sp³-hybridized carbons (Fsp3) is 1.00. The Bertz CT molecular complexity index is 338. The van der Waals surface area contributed by atoms with E-state index in [0.717, 1.165) is 37.5 Å². The van der Waals surface area contributed by atoms with E-state index in [0.29, 0.717) is 12.0 Å². The molecule has 2 atom stereocenters. The molecule has 2 nitrogen and oxygen atoms in total. The first-order valence-corrected chi connectivity index (χ1v) is 9.19. The Labute approximate surface area is 131 Å². The fourth-order valence-corrected chi connectivity index (χ4v) is 5.12. The van der Waals surface area contributed by atoms with E-state index in [1.165, 1.54) is 32.1 Å². The van der Waals surface area contributed by atoms with Crippen molar-refractivity contribution >= 4 is 0 Å². The van der Waals surface area contributed by atoms with Crippen molar-refractivity contribution < 1.29 is 5.11 Å². The second kappa shape index (κ2) is 6.20. The molecule has 2 aliphatic rings. The molecular weight excluding hydrogens is 258 g/mol. The summed E-state index contributed by atoms with van der Waals surface area (Å²) >= 11 is 0. The molecule has 2 unspecified atom stereocenters. The molecule has 2 aliphatic carbocycles. The van der Waals surface area contributed by atoms with Gasteiger partial charge in [0.15, 0.2) is 0 Å². The van der Waals surface area contributed by atoms with E-state index in [4.69, 9.17) is 5.73 Å². The molecule has 21 heavy (non-hydrogen) atoms. The maximum absolute atomic E-state index is 11.5. The number of hydrogen-bond donors (Lipinski definition) is 2. The molecule has 2 heteroatoms. The Kier molecular flexibility index (Phi) is 5.10. The lowest BCUT2D eigenvalue weighted by atomic mass is 9.54. The highest BCUT2D eigenvalue weighted by Crippen LogP contribution is 2.54. The maximum Gasteiger partial charge on any atom is 0.0716 e. The number of nitrogens with two attached hydrogens (primary N) is 1. The molecule has 0 radical (unpaired) electrons. The summed E-state index contributed by atoms with van der Waals surface area (Å²) in [5.41, 5.74) is 6.09. The van der Waals surface area contributed by atoms with Crippen molar-refractivity contribution in [2.24, 2.45) is 28.4 Å². The number of rotatable bonds is 3. The lowest BCUT2D eigenvalue weighted by Gasteiger charge is -2.54. The van der Waals surface area contributed by atoms with Crippen molar-refractivity contribution in [3.63, 3.8) is 0 Å². The number of hydrogen-bond acceptors (Lipinski definition) is 2. The highest BCUT2D eigenvalue weighted by atomic mass is 16.3. The van der Waals surface area contributed by atoms with Crippen LogP contribution in [0, 0.1) is 22.7 Å². The normalized spacial score (nSPS) is 42.0. The summed E-state index contributed by atoms with van der Waals surface area (Å²) in [6.45, 7) is 9.98. The molecule has 0 amide bonds. The van der Waals surface area contributed by atoms with Crippen molar-refractivity contribution in [1.29, 1.82) is 0 Å². The Morgan fingerprint density at radius 3 is 2.19 bits per heavy atom. The zero-order valence-electron chi connectivity index (χ0n) is 14.8. The minimum absolute atomic E-state index is 0.00518. The van der Waals surface area contributed by atoms with Crippen LogP contribution < -0.4 is 5.73 Å². The Morgan fingerprint density at radius 1 is 1.10 bits per heavy atom. The fourth-order valence-electron chi connectivity index (χ4n) is 5.12. The average molecular weight is 296 g/mol.